The molecule has 5 nitrogen and oxygen atoms in total. The lowest BCUT2D eigenvalue weighted by atomic mass is 10.2. The summed E-state index contributed by atoms with van der Waals surface area (Å²) in [6.45, 7) is 5.78. The van der Waals surface area contributed by atoms with Gasteiger partial charge in [0.2, 0.25) is 0 Å². The number of nitrogens with one attached hydrogen (secondary N) is 1. The van der Waals surface area contributed by atoms with Crippen LogP contribution in [-0.2, 0) is 11.4 Å². The van der Waals surface area contributed by atoms with Crippen molar-refractivity contribution in [1.82, 2.24) is 15.1 Å². The highest BCUT2D eigenvalue weighted by Crippen LogP contribution is 2.06. The number of hydrogen-bond acceptors (Lipinski definition) is 3. The molecule has 1 amide bonds. The van der Waals surface area contributed by atoms with Crippen molar-refractivity contribution >= 4 is 6.09 Å². The molecule has 0 aliphatic rings. The number of carbonyl (C=O) groups excluding carboxylic acids is 1. The van der Waals surface area contributed by atoms with Crippen LogP contribution in [0.25, 0.3) is 0 Å². The van der Waals surface area contributed by atoms with Crippen LogP contribution < -0.4 is 5.32 Å². The molecule has 0 fully saturated rings. The van der Waals surface area contributed by atoms with Gasteiger partial charge in [-0.05, 0) is 26.8 Å². The molecule has 1 rings (SSSR count). The molecule has 1 aromatic heterocycles. The number of aromatic nitrogens is 2. The lowest BCUT2D eigenvalue weighted by molar-refractivity contribution is 0.0508. The van der Waals surface area contributed by atoms with Gasteiger partial charge in [-0.3, -0.25) is 4.68 Å². The van der Waals surface area contributed by atoms with Gasteiger partial charge in [0, 0.05) is 12.4 Å². The van der Waals surface area contributed by atoms with Crippen molar-refractivity contribution in [3.8, 4) is 0 Å². The summed E-state index contributed by atoms with van der Waals surface area (Å²) in [7, 11) is 0. The highest BCUT2D eigenvalue weighted by Gasteiger charge is 2.15. The van der Waals surface area contributed by atoms with Crippen molar-refractivity contribution in [2.75, 3.05) is 0 Å². The fourth-order valence-electron chi connectivity index (χ4n) is 0.854. The minimum atomic E-state index is -0.464. The average Bonchev–Trinajstić information content (AvgIpc) is 2.49. The Hall–Kier alpha value is -1.52. The Balaban J connectivity index is 2.29. The average molecular weight is 197 g/mol. The van der Waals surface area contributed by atoms with Crippen LogP contribution >= 0.6 is 0 Å². The summed E-state index contributed by atoms with van der Waals surface area (Å²) in [5.41, 5.74) is -0.464. The summed E-state index contributed by atoms with van der Waals surface area (Å²) in [6, 6.07) is 1.79. The molecule has 5 heteroatoms. The smallest absolute Gasteiger partial charge is 0.409 e. The van der Waals surface area contributed by atoms with Crippen LogP contribution in [0.1, 0.15) is 20.8 Å². The zero-order valence-electron chi connectivity index (χ0n) is 8.65. The third kappa shape index (κ3) is 3.93. The van der Waals surface area contributed by atoms with Crippen LogP contribution in [0.3, 0.4) is 0 Å². The molecule has 1 N–H and O–H groups in total. The van der Waals surface area contributed by atoms with Crippen molar-refractivity contribution in [3.05, 3.63) is 18.5 Å². The molecule has 0 unspecified atom stereocenters. The predicted octanol–water partition coefficient (Wildman–Crippen LogP) is 1.37. The second-order valence-corrected chi connectivity index (χ2v) is 3.88. The highest BCUT2D eigenvalue weighted by molar-refractivity contribution is 5.67. The second kappa shape index (κ2) is 4.13. The monoisotopic (exact) mass is 197 g/mol. The van der Waals surface area contributed by atoms with Crippen molar-refractivity contribution in [1.29, 1.82) is 0 Å². The number of rotatable bonds is 2. The minimum absolute atomic E-state index is 0.321. The first-order valence-corrected chi connectivity index (χ1v) is 4.42. The molecule has 0 spiro atoms. The van der Waals surface area contributed by atoms with E-state index in [0.29, 0.717) is 6.67 Å². The van der Waals surface area contributed by atoms with Crippen molar-refractivity contribution in [2.24, 2.45) is 0 Å². The van der Waals surface area contributed by atoms with Gasteiger partial charge in [-0.1, -0.05) is 0 Å². The Labute approximate surface area is 83.1 Å². The normalized spacial score (nSPS) is 11.1. The predicted molar refractivity (Wildman–Crippen MR) is 51.6 cm³/mol. The summed E-state index contributed by atoms with van der Waals surface area (Å²) in [4.78, 5) is 11.2. The Kier molecular flexibility index (Phi) is 3.11. The van der Waals surface area contributed by atoms with Gasteiger partial charge in [-0.15, -0.1) is 0 Å². The standard InChI is InChI=1S/C9H15N3O2/c1-9(2,3)14-8(13)10-7-12-6-4-5-11-12/h4-6H,7H2,1-3H3,(H,10,13). The molecule has 0 aromatic carbocycles. The highest BCUT2D eigenvalue weighted by atomic mass is 16.6. The molecule has 0 saturated carbocycles. The zero-order valence-corrected chi connectivity index (χ0v) is 8.65. The molecule has 0 atom stereocenters. The van der Waals surface area contributed by atoms with Crippen LogP contribution in [0, 0.1) is 0 Å². The molecule has 14 heavy (non-hydrogen) atoms. The Morgan fingerprint density at radius 1 is 1.57 bits per heavy atom. The van der Waals surface area contributed by atoms with E-state index in [1.165, 1.54) is 0 Å². The lowest BCUT2D eigenvalue weighted by Gasteiger charge is -2.19. The summed E-state index contributed by atoms with van der Waals surface area (Å²) < 4.78 is 6.65. The van der Waals surface area contributed by atoms with E-state index in [1.54, 1.807) is 23.1 Å². The van der Waals surface area contributed by atoms with Crippen LogP contribution in [0.2, 0.25) is 0 Å². The second-order valence-electron chi connectivity index (χ2n) is 3.88. The Morgan fingerprint density at radius 3 is 2.79 bits per heavy atom. The van der Waals surface area contributed by atoms with Gasteiger partial charge in [0.1, 0.15) is 12.3 Å². The quantitative estimate of drug-likeness (QED) is 0.778. The van der Waals surface area contributed by atoms with Gasteiger partial charge in [0.25, 0.3) is 0 Å². The number of hydrogen-bond donors (Lipinski definition) is 1. The molecular formula is C9H15N3O2. The van der Waals surface area contributed by atoms with E-state index in [4.69, 9.17) is 4.74 Å². The summed E-state index contributed by atoms with van der Waals surface area (Å²) in [5, 5.41) is 6.51. The van der Waals surface area contributed by atoms with E-state index >= 15 is 0 Å². The van der Waals surface area contributed by atoms with Gasteiger partial charge >= 0.3 is 6.09 Å². The maximum Gasteiger partial charge on any atom is 0.409 e. The first-order valence-electron chi connectivity index (χ1n) is 4.42. The van der Waals surface area contributed by atoms with Crippen molar-refractivity contribution < 1.29 is 9.53 Å². The van der Waals surface area contributed by atoms with Crippen LogP contribution in [-0.4, -0.2) is 21.5 Å². The van der Waals surface area contributed by atoms with Gasteiger partial charge in [0.15, 0.2) is 0 Å². The van der Waals surface area contributed by atoms with E-state index in [-0.39, 0.29) is 0 Å². The first kappa shape index (κ1) is 10.6. The first-order chi connectivity index (χ1) is 6.47. The van der Waals surface area contributed by atoms with Crippen molar-refractivity contribution in [3.63, 3.8) is 0 Å². The third-order valence-electron chi connectivity index (χ3n) is 1.34. The molecule has 0 bridgehead atoms. The molecule has 1 heterocycles. The fourth-order valence-corrected chi connectivity index (χ4v) is 0.854. The van der Waals surface area contributed by atoms with Crippen LogP contribution in [0.5, 0.6) is 0 Å². The van der Waals surface area contributed by atoms with E-state index < -0.39 is 11.7 Å². The van der Waals surface area contributed by atoms with Crippen molar-refractivity contribution in [2.45, 2.75) is 33.0 Å². The number of carbonyl (C=O) groups is 1. The third-order valence-corrected chi connectivity index (χ3v) is 1.34. The fraction of sp³-hybridized carbons (Fsp3) is 0.556. The molecule has 0 radical (unpaired) electrons. The van der Waals surface area contributed by atoms with E-state index in [2.05, 4.69) is 10.4 Å². The van der Waals surface area contributed by atoms with E-state index in [9.17, 15) is 4.79 Å². The molecule has 78 valence electrons. The molecular weight excluding hydrogens is 182 g/mol. The zero-order chi connectivity index (χ0) is 10.6. The SMILES string of the molecule is CC(C)(C)OC(=O)NCn1cccn1. The van der Waals surface area contributed by atoms with Crippen LogP contribution in [0.4, 0.5) is 4.79 Å². The van der Waals surface area contributed by atoms with Gasteiger partial charge in [-0.25, -0.2) is 4.79 Å². The maximum atomic E-state index is 11.2. The number of ether oxygens (including phenoxy) is 1. The number of alkyl carbamates (subject to hydrolysis) is 1. The molecule has 0 saturated heterocycles. The lowest BCUT2D eigenvalue weighted by Crippen LogP contribution is -2.33. The van der Waals surface area contributed by atoms with E-state index in [0.717, 1.165) is 0 Å². The van der Waals surface area contributed by atoms with Gasteiger partial charge in [-0.2, -0.15) is 5.10 Å². The van der Waals surface area contributed by atoms with Crippen LogP contribution in [0.15, 0.2) is 18.5 Å². The summed E-state index contributed by atoms with van der Waals surface area (Å²) >= 11 is 0. The Morgan fingerprint density at radius 2 is 2.29 bits per heavy atom. The largest absolute Gasteiger partial charge is 0.444 e. The number of nitrogens with zero attached hydrogens (tertiary/aromatic N) is 2. The Bertz CT molecular complexity index is 288. The van der Waals surface area contributed by atoms with Gasteiger partial charge < -0.3 is 10.1 Å². The van der Waals surface area contributed by atoms with Gasteiger partial charge in [0.05, 0.1) is 0 Å². The molecule has 0 aliphatic heterocycles. The summed E-state index contributed by atoms with van der Waals surface area (Å²) in [6.07, 6.45) is 2.97. The maximum absolute atomic E-state index is 11.2. The molecule has 0 aliphatic carbocycles. The molecule has 1 aromatic rings. The summed E-state index contributed by atoms with van der Waals surface area (Å²) in [5.74, 6) is 0. The topological polar surface area (TPSA) is 56.1 Å². The van der Waals surface area contributed by atoms with E-state index in [1.807, 2.05) is 20.8 Å². The number of amides is 1. The minimum Gasteiger partial charge on any atom is -0.444 e.